The zero-order chi connectivity index (χ0) is 16.5. The lowest BCUT2D eigenvalue weighted by atomic mass is 10.0. The van der Waals surface area contributed by atoms with Gasteiger partial charge in [-0.1, -0.05) is 26.8 Å². The average Bonchev–Trinajstić information content (AvgIpc) is 2.49. The molecule has 5 heteroatoms. The predicted molar refractivity (Wildman–Crippen MR) is 86.5 cm³/mol. The summed E-state index contributed by atoms with van der Waals surface area (Å²) < 4.78 is 10.9. The Labute approximate surface area is 132 Å². The van der Waals surface area contributed by atoms with E-state index in [1.54, 1.807) is 7.11 Å². The van der Waals surface area contributed by atoms with Crippen molar-refractivity contribution < 1.29 is 19.4 Å². The highest BCUT2D eigenvalue weighted by Gasteiger charge is 2.18. The molecule has 0 fully saturated rings. The number of aliphatic carboxylic acids is 1. The summed E-state index contributed by atoms with van der Waals surface area (Å²) in [5, 5.41) is 12.3. The van der Waals surface area contributed by atoms with Crippen LogP contribution in [-0.2, 0) is 11.3 Å². The van der Waals surface area contributed by atoms with E-state index in [0.29, 0.717) is 37.0 Å². The van der Waals surface area contributed by atoms with Crippen molar-refractivity contribution in [3.8, 4) is 11.5 Å². The predicted octanol–water partition coefficient (Wildman–Crippen LogP) is 3.07. The fraction of sp³-hybridized carbons (Fsp3) is 0.588. The molecule has 2 N–H and O–H groups in total. The molecule has 1 rings (SSSR count). The van der Waals surface area contributed by atoms with Crippen molar-refractivity contribution >= 4 is 5.97 Å². The summed E-state index contributed by atoms with van der Waals surface area (Å²) in [7, 11) is 1.60. The van der Waals surface area contributed by atoms with Gasteiger partial charge in [0.05, 0.1) is 13.7 Å². The molecule has 1 aromatic rings. The van der Waals surface area contributed by atoms with Crippen molar-refractivity contribution in [2.24, 2.45) is 5.92 Å². The second kappa shape index (κ2) is 9.30. The van der Waals surface area contributed by atoms with Gasteiger partial charge in [0, 0.05) is 6.54 Å². The number of carboxylic acids is 1. The van der Waals surface area contributed by atoms with Gasteiger partial charge >= 0.3 is 5.97 Å². The van der Waals surface area contributed by atoms with Gasteiger partial charge in [0.25, 0.3) is 0 Å². The van der Waals surface area contributed by atoms with E-state index in [9.17, 15) is 9.90 Å². The molecule has 124 valence electrons. The average molecular weight is 309 g/mol. The summed E-state index contributed by atoms with van der Waals surface area (Å²) >= 11 is 0. The van der Waals surface area contributed by atoms with Crippen LogP contribution in [0.5, 0.6) is 11.5 Å². The highest BCUT2D eigenvalue weighted by Crippen LogP contribution is 2.28. The van der Waals surface area contributed by atoms with Gasteiger partial charge in [-0.05, 0) is 36.5 Å². The molecule has 1 aromatic carbocycles. The molecule has 5 nitrogen and oxygen atoms in total. The van der Waals surface area contributed by atoms with Crippen LogP contribution < -0.4 is 14.8 Å². The Bertz CT molecular complexity index is 474. The first-order chi connectivity index (χ1) is 10.5. The van der Waals surface area contributed by atoms with Crippen LogP contribution in [0.3, 0.4) is 0 Å². The zero-order valence-electron chi connectivity index (χ0n) is 13.9. The van der Waals surface area contributed by atoms with Crippen LogP contribution in [0.1, 0.15) is 39.2 Å². The third-order valence-electron chi connectivity index (χ3n) is 3.25. The molecule has 0 aliphatic rings. The Balaban J connectivity index is 2.70. The maximum Gasteiger partial charge on any atom is 0.320 e. The van der Waals surface area contributed by atoms with E-state index in [1.807, 2.05) is 39.0 Å². The molecule has 0 amide bonds. The Morgan fingerprint density at radius 2 is 2.05 bits per heavy atom. The van der Waals surface area contributed by atoms with E-state index in [0.717, 1.165) is 12.0 Å². The molecular formula is C17H27NO4. The smallest absolute Gasteiger partial charge is 0.320 e. The van der Waals surface area contributed by atoms with E-state index in [-0.39, 0.29) is 0 Å². The van der Waals surface area contributed by atoms with Gasteiger partial charge in [-0.2, -0.15) is 0 Å². The number of rotatable bonds is 10. The van der Waals surface area contributed by atoms with Crippen LogP contribution in [0, 0.1) is 5.92 Å². The van der Waals surface area contributed by atoms with Gasteiger partial charge in [0.2, 0.25) is 0 Å². The van der Waals surface area contributed by atoms with Crippen molar-refractivity contribution in [3.63, 3.8) is 0 Å². The van der Waals surface area contributed by atoms with Crippen molar-refractivity contribution in [2.75, 3.05) is 13.7 Å². The Hall–Kier alpha value is -1.75. The summed E-state index contributed by atoms with van der Waals surface area (Å²) in [5.41, 5.74) is 0.968. The lowest BCUT2D eigenvalue weighted by molar-refractivity contribution is -0.140. The molecule has 22 heavy (non-hydrogen) atoms. The highest BCUT2D eigenvalue weighted by molar-refractivity contribution is 5.73. The third-order valence-corrected chi connectivity index (χ3v) is 3.25. The lowest BCUT2D eigenvalue weighted by Crippen LogP contribution is -2.37. The van der Waals surface area contributed by atoms with Gasteiger partial charge < -0.3 is 19.9 Å². The molecule has 0 saturated heterocycles. The molecule has 0 aliphatic heterocycles. The van der Waals surface area contributed by atoms with E-state index >= 15 is 0 Å². The standard InChI is InChI=1S/C17H27NO4/c1-5-8-22-15-7-6-13(10-16(15)21-4)11-18-14(17(19)20)9-12(2)3/h6-7,10,12,14,18H,5,8-9,11H2,1-4H3,(H,19,20)/t14-/m0/s1. The maximum atomic E-state index is 11.2. The van der Waals surface area contributed by atoms with Crippen LogP contribution in [0.4, 0.5) is 0 Å². The van der Waals surface area contributed by atoms with Gasteiger partial charge in [-0.25, -0.2) is 0 Å². The quantitative estimate of drug-likeness (QED) is 0.695. The second-order valence-electron chi connectivity index (χ2n) is 5.73. The number of hydrogen-bond acceptors (Lipinski definition) is 4. The minimum Gasteiger partial charge on any atom is -0.493 e. The third kappa shape index (κ3) is 5.93. The minimum absolute atomic E-state index is 0.327. The van der Waals surface area contributed by atoms with Crippen molar-refractivity contribution in [2.45, 2.75) is 46.2 Å². The summed E-state index contributed by atoms with van der Waals surface area (Å²) in [4.78, 5) is 11.2. The number of ether oxygens (including phenoxy) is 2. The largest absolute Gasteiger partial charge is 0.493 e. The normalized spacial score (nSPS) is 12.2. The first-order valence-corrected chi connectivity index (χ1v) is 7.73. The molecule has 0 spiro atoms. The highest BCUT2D eigenvalue weighted by atomic mass is 16.5. The number of hydrogen-bond donors (Lipinski definition) is 2. The topological polar surface area (TPSA) is 67.8 Å². The summed E-state index contributed by atoms with van der Waals surface area (Å²) in [6, 6.07) is 5.13. The number of benzene rings is 1. The van der Waals surface area contributed by atoms with Crippen LogP contribution in [-0.4, -0.2) is 30.8 Å². The molecule has 0 heterocycles. The van der Waals surface area contributed by atoms with Crippen LogP contribution >= 0.6 is 0 Å². The summed E-state index contributed by atoms with van der Waals surface area (Å²) in [6.45, 7) is 7.20. The number of carbonyl (C=O) groups is 1. The number of methoxy groups -OCH3 is 1. The monoisotopic (exact) mass is 309 g/mol. The Kier molecular flexibility index (Phi) is 7.74. The first-order valence-electron chi connectivity index (χ1n) is 7.73. The van der Waals surface area contributed by atoms with Crippen LogP contribution in [0.15, 0.2) is 18.2 Å². The van der Waals surface area contributed by atoms with Crippen molar-refractivity contribution in [1.29, 1.82) is 0 Å². The first kappa shape index (κ1) is 18.3. The summed E-state index contributed by atoms with van der Waals surface area (Å²) in [6.07, 6.45) is 1.53. The fourth-order valence-electron chi connectivity index (χ4n) is 2.14. The second-order valence-corrected chi connectivity index (χ2v) is 5.73. The van der Waals surface area contributed by atoms with Gasteiger partial charge in [0.15, 0.2) is 11.5 Å². The molecule has 0 aromatic heterocycles. The van der Waals surface area contributed by atoms with E-state index in [2.05, 4.69) is 5.32 Å². The fourth-order valence-corrected chi connectivity index (χ4v) is 2.14. The molecule has 0 bridgehead atoms. The molecule has 0 radical (unpaired) electrons. The van der Waals surface area contributed by atoms with E-state index in [4.69, 9.17) is 9.47 Å². The maximum absolute atomic E-state index is 11.2. The number of nitrogens with one attached hydrogen (secondary N) is 1. The molecule has 0 aliphatic carbocycles. The van der Waals surface area contributed by atoms with Gasteiger partial charge in [-0.15, -0.1) is 0 Å². The van der Waals surface area contributed by atoms with Gasteiger partial charge in [0.1, 0.15) is 6.04 Å². The minimum atomic E-state index is -0.816. The van der Waals surface area contributed by atoms with E-state index in [1.165, 1.54) is 0 Å². The molecular weight excluding hydrogens is 282 g/mol. The molecule has 0 saturated carbocycles. The summed E-state index contributed by atoms with van der Waals surface area (Å²) in [5.74, 6) is 0.894. The molecule has 1 atom stereocenters. The van der Waals surface area contributed by atoms with Crippen LogP contribution in [0.25, 0.3) is 0 Å². The molecule has 0 unspecified atom stereocenters. The lowest BCUT2D eigenvalue weighted by Gasteiger charge is -2.17. The zero-order valence-corrected chi connectivity index (χ0v) is 13.9. The van der Waals surface area contributed by atoms with Crippen LogP contribution in [0.2, 0.25) is 0 Å². The van der Waals surface area contributed by atoms with E-state index < -0.39 is 12.0 Å². The van der Waals surface area contributed by atoms with Gasteiger partial charge in [-0.3, -0.25) is 4.79 Å². The van der Waals surface area contributed by atoms with Crippen molar-refractivity contribution in [1.82, 2.24) is 5.32 Å². The number of carboxylic acid groups (broad SMARTS) is 1. The van der Waals surface area contributed by atoms with Crippen molar-refractivity contribution in [3.05, 3.63) is 23.8 Å². The Morgan fingerprint density at radius 3 is 2.59 bits per heavy atom. The Morgan fingerprint density at radius 1 is 1.32 bits per heavy atom. The SMILES string of the molecule is CCCOc1ccc(CN[C@@H](CC(C)C)C(=O)O)cc1OC.